The lowest BCUT2D eigenvalue weighted by Crippen LogP contribution is -2.50. The Hall–Kier alpha value is -1.54. The molecule has 100 valence electrons. The Labute approximate surface area is 108 Å². The second kappa shape index (κ2) is 6.41. The average Bonchev–Trinajstić information content (AvgIpc) is 2.37. The monoisotopic (exact) mass is 252 g/mol. The summed E-state index contributed by atoms with van der Waals surface area (Å²) in [5, 5.41) is 12.1. The maximum absolute atomic E-state index is 12.5. The van der Waals surface area contributed by atoms with Gasteiger partial charge in [0, 0.05) is 0 Å². The van der Waals surface area contributed by atoms with Crippen molar-refractivity contribution in [2.45, 2.75) is 26.2 Å². The standard InChI is InChI=1S/C13H20N2O3/c1-3-9-15(10-11(16)17)12(18)13(4-2)5-7-14-8-6-13/h1,14H,4-10H2,2H3,(H,16,17). The Morgan fingerprint density at radius 3 is 2.50 bits per heavy atom. The number of hydrogen-bond donors (Lipinski definition) is 2. The van der Waals surface area contributed by atoms with E-state index >= 15 is 0 Å². The van der Waals surface area contributed by atoms with Gasteiger partial charge in [0.15, 0.2) is 0 Å². The summed E-state index contributed by atoms with van der Waals surface area (Å²) in [5.74, 6) is 1.21. The molecule has 0 radical (unpaired) electrons. The number of carboxylic acids is 1. The number of rotatable bonds is 5. The van der Waals surface area contributed by atoms with Crippen LogP contribution in [0.1, 0.15) is 26.2 Å². The SMILES string of the molecule is C#CCN(CC(=O)O)C(=O)C1(CC)CCNCC1. The van der Waals surface area contributed by atoms with E-state index in [2.05, 4.69) is 11.2 Å². The lowest BCUT2D eigenvalue weighted by atomic mass is 9.75. The first-order valence-corrected chi connectivity index (χ1v) is 6.21. The topological polar surface area (TPSA) is 69.6 Å². The maximum atomic E-state index is 12.5. The van der Waals surface area contributed by atoms with Crippen LogP contribution in [0.25, 0.3) is 0 Å². The Bertz CT molecular complexity index is 354. The second-order valence-electron chi connectivity index (χ2n) is 4.64. The van der Waals surface area contributed by atoms with Crippen LogP contribution in [-0.4, -0.2) is 48.1 Å². The summed E-state index contributed by atoms with van der Waals surface area (Å²) in [4.78, 5) is 24.6. The Kier molecular flexibility index (Phi) is 5.17. The van der Waals surface area contributed by atoms with Gasteiger partial charge in [-0.05, 0) is 32.4 Å². The molecule has 0 atom stereocenters. The number of carboxylic acid groups (broad SMARTS) is 1. The molecule has 2 N–H and O–H groups in total. The van der Waals surface area contributed by atoms with Crippen molar-refractivity contribution < 1.29 is 14.7 Å². The van der Waals surface area contributed by atoms with E-state index in [0.717, 1.165) is 25.9 Å². The van der Waals surface area contributed by atoms with Gasteiger partial charge >= 0.3 is 5.97 Å². The smallest absolute Gasteiger partial charge is 0.323 e. The zero-order chi connectivity index (χ0) is 13.6. The van der Waals surface area contributed by atoms with Crippen molar-refractivity contribution >= 4 is 11.9 Å². The van der Waals surface area contributed by atoms with Crippen LogP contribution in [-0.2, 0) is 9.59 Å². The summed E-state index contributed by atoms with van der Waals surface area (Å²) in [6.07, 6.45) is 7.40. The van der Waals surface area contributed by atoms with Crippen molar-refractivity contribution in [1.29, 1.82) is 0 Å². The maximum Gasteiger partial charge on any atom is 0.323 e. The van der Waals surface area contributed by atoms with Gasteiger partial charge < -0.3 is 15.3 Å². The van der Waals surface area contributed by atoms with E-state index < -0.39 is 11.4 Å². The molecule has 0 spiro atoms. The van der Waals surface area contributed by atoms with Gasteiger partial charge in [-0.3, -0.25) is 9.59 Å². The first-order chi connectivity index (χ1) is 8.55. The van der Waals surface area contributed by atoms with Crippen LogP contribution in [0, 0.1) is 17.8 Å². The molecular weight excluding hydrogens is 232 g/mol. The molecule has 1 fully saturated rings. The minimum atomic E-state index is -1.03. The molecule has 1 aliphatic heterocycles. The molecule has 5 heteroatoms. The van der Waals surface area contributed by atoms with Crippen LogP contribution in [0.15, 0.2) is 0 Å². The minimum Gasteiger partial charge on any atom is -0.480 e. The average molecular weight is 252 g/mol. The van der Waals surface area contributed by atoms with Crippen LogP contribution in [0.5, 0.6) is 0 Å². The zero-order valence-corrected chi connectivity index (χ0v) is 10.7. The highest BCUT2D eigenvalue weighted by Gasteiger charge is 2.40. The van der Waals surface area contributed by atoms with Crippen molar-refractivity contribution in [3.63, 3.8) is 0 Å². The first kappa shape index (κ1) is 14.5. The van der Waals surface area contributed by atoms with E-state index in [0.29, 0.717) is 6.42 Å². The highest BCUT2D eigenvalue weighted by atomic mass is 16.4. The Morgan fingerprint density at radius 1 is 1.44 bits per heavy atom. The zero-order valence-electron chi connectivity index (χ0n) is 10.7. The lowest BCUT2D eigenvalue weighted by molar-refractivity contribution is -0.150. The molecule has 0 aliphatic carbocycles. The first-order valence-electron chi connectivity index (χ1n) is 6.21. The number of hydrogen-bond acceptors (Lipinski definition) is 3. The number of aliphatic carboxylic acids is 1. The fourth-order valence-electron chi connectivity index (χ4n) is 2.43. The highest BCUT2D eigenvalue weighted by molar-refractivity contribution is 5.86. The summed E-state index contributed by atoms with van der Waals surface area (Å²) in [6.45, 7) is 3.28. The number of carbonyl (C=O) groups excluding carboxylic acids is 1. The van der Waals surface area contributed by atoms with E-state index in [-0.39, 0.29) is 19.0 Å². The molecule has 1 amide bonds. The molecule has 1 aliphatic rings. The fraction of sp³-hybridized carbons (Fsp3) is 0.692. The van der Waals surface area contributed by atoms with Gasteiger partial charge in [-0.15, -0.1) is 6.42 Å². The second-order valence-corrected chi connectivity index (χ2v) is 4.64. The van der Waals surface area contributed by atoms with Gasteiger partial charge in [0.2, 0.25) is 5.91 Å². The summed E-state index contributed by atoms with van der Waals surface area (Å²) in [6, 6.07) is 0. The van der Waals surface area contributed by atoms with Gasteiger partial charge in [0.05, 0.1) is 12.0 Å². The van der Waals surface area contributed by atoms with Gasteiger partial charge in [-0.2, -0.15) is 0 Å². The van der Waals surface area contributed by atoms with Gasteiger partial charge in [0.25, 0.3) is 0 Å². The third-order valence-electron chi connectivity index (χ3n) is 3.59. The Balaban J connectivity index is 2.85. The molecule has 1 heterocycles. The molecule has 0 saturated carbocycles. The number of nitrogens with zero attached hydrogens (tertiary/aromatic N) is 1. The molecule has 0 aromatic rings. The third kappa shape index (κ3) is 3.23. The summed E-state index contributed by atoms with van der Waals surface area (Å²) in [7, 11) is 0. The Morgan fingerprint density at radius 2 is 2.06 bits per heavy atom. The van der Waals surface area contributed by atoms with E-state index in [1.54, 1.807) is 0 Å². The fourth-order valence-corrected chi connectivity index (χ4v) is 2.43. The van der Waals surface area contributed by atoms with E-state index in [1.165, 1.54) is 4.90 Å². The molecule has 0 aromatic carbocycles. The number of terminal acetylenes is 1. The largest absolute Gasteiger partial charge is 0.480 e. The van der Waals surface area contributed by atoms with Crippen molar-refractivity contribution in [3.05, 3.63) is 0 Å². The van der Waals surface area contributed by atoms with E-state index in [1.807, 2.05) is 6.92 Å². The highest BCUT2D eigenvalue weighted by Crippen LogP contribution is 2.34. The number of carbonyl (C=O) groups is 2. The van der Waals surface area contributed by atoms with Gasteiger partial charge in [-0.25, -0.2) is 0 Å². The van der Waals surface area contributed by atoms with Gasteiger partial charge in [0.1, 0.15) is 6.54 Å². The van der Waals surface area contributed by atoms with Crippen molar-refractivity contribution in [1.82, 2.24) is 10.2 Å². The van der Waals surface area contributed by atoms with E-state index in [4.69, 9.17) is 11.5 Å². The van der Waals surface area contributed by atoms with Crippen molar-refractivity contribution in [2.75, 3.05) is 26.2 Å². The van der Waals surface area contributed by atoms with Crippen LogP contribution in [0.3, 0.4) is 0 Å². The lowest BCUT2D eigenvalue weighted by Gasteiger charge is -2.38. The molecule has 0 unspecified atom stereocenters. The van der Waals surface area contributed by atoms with Crippen molar-refractivity contribution in [2.24, 2.45) is 5.41 Å². The van der Waals surface area contributed by atoms with Crippen LogP contribution in [0.4, 0.5) is 0 Å². The summed E-state index contributed by atoms with van der Waals surface area (Å²) in [5.41, 5.74) is -0.447. The van der Waals surface area contributed by atoms with Gasteiger partial charge in [-0.1, -0.05) is 12.8 Å². The quantitative estimate of drug-likeness (QED) is 0.691. The predicted molar refractivity (Wildman–Crippen MR) is 67.9 cm³/mol. The minimum absolute atomic E-state index is 0.0559. The van der Waals surface area contributed by atoms with Crippen LogP contribution < -0.4 is 5.32 Å². The molecule has 5 nitrogen and oxygen atoms in total. The summed E-state index contributed by atoms with van der Waals surface area (Å²) < 4.78 is 0. The predicted octanol–water partition coefficient (Wildman–Crippen LogP) is 0.313. The van der Waals surface area contributed by atoms with Crippen LogP contribution >= 0.6 is 0 Å². The molecule has 1 rings (SSSR count). The molecular formula is C13H20N2O3. The molecule has 1 saturated heterocycles. The summed E-state index contributed by atoms with van der Waals surface area (Å²) >= 11 is 0. The number of nitrogens with one attached hydrogen (secondary N) is 1. The molecule has 18 heavy (non-hydrogen) atoms. The molecule has 0 aromatic heterocycles. The number of piperidine rings is 1. The van der Waals surface area contributed by atoms with Crippen molar-refractivity contribution in [3.8, 4) is 12.3 Å². The van der Waals surface area contributed by atoms with Crippen LogP contribution in [0.2, 0.25) is 0 Å². The van der Waals surface area contributed by atoms with E-state index in [9.17, 15) is 9.59 Å². The number of amides is 1. The third-order valence-corrected chi connectivity index (χ3v) is 3.59. The molecule has 0 bridgehead atoms. The normalized spacial score (nSPS) is 17.8.